The first kappa shape index (κ1) is 23.7. The van der Waals surface area contributed by atoms with Crippen molar-refractivity contribution in [1.29, 1.82) is 0 Å². The average molecular weight is 431 g/mol. The zero-order chi connectivity index (χ0) is 21.9. The standard InChI is InChI=1S/C24H31ClN2O3/c1-4-22(24(29)26-5-2)27(17-19-9-6-7-10-21(19)25)23(28)11-8-16-30-20-14-12-18(3)13-15-20/h6-7,9-10,12-15,22H,4-5,8,11,16-17H2,1-3H3,(H,26,29)/t22-/m0/s1. The molecule has 1 atom stereocenters. The molecule has 0 aliphatic heterocycles. The van der Waals surface area contributed by atoms with Gasteiger partial charge in [-0.1, -0.05) is 54.4 Å². The van der Waals surface area contributed by atoms with Gasteiger partial charge >= 0.3 is 0 Å². The van der Waals surface area contributed by atoms with Gasteiger partial charge in [-0.3, -0.25) is 9.59 Å². The molecule has 30 heavy (non-hydrogen) atoms. The smallest absolute Gasteiger partial charge is 0.242 e. The summed E-state index contributed by atoms with van der Waals surface area (Å²) in [6.45, 7) is 7.06. The summed E-state index contributed by atoms with van der Waals surface area (Å²) in [5.41, 5.74) is 2.00. The summed E-state index contributed by atoms with van der Waals surface area (Å²) in [7, 11) is 0. The van der Waals surface area contributed by atoms with Crippen LogP contribution >= 0.6 is 11.6 Å². The number of nitrogens with zero attached hydrogens (tertiary/aromatic N) is 1. The van der Waals surface area contributed by atoms with Gasteiger partial charge in [0.15, 0.2) is 0 Å². The number of rotatable bonds is 11. The molecule has 162 valence electrons. The lowest BCUT2D eigenvalue weighted by molar-refractivity contribution is -0.141. The number of likely N-dealkylation sites (N-methyl/N-ethyl adjacent to an activating group) is 1. The van der Waals surface area contributed by atoms with E-state index in [1.54, 1.807) is 11.0 Å². The molecule has 0 saturated carbocycles. The van der Waals surface area contributed by atoms with Crippen molar-refractivity contribution in [2.24, 2.45) is 0 Å². The summed E-state index contributed by atoms with van der Waals surface area (Å²) in [5.74, 6) is 0.562. The highest BCUT2D eigenvalue weighted by atomic mass is 35.5. The van der Waals surface area contributed by atoms with Gasteiger partial charge in [0.25, 0.3) is 0 Å². The van der Waals surface area contributed by atoms with Gasteiger partial charge in [0.2, 0.25) is 11.8 Å². The second-order valence-corrected chi connectivity index (χ2v) is 7.60. The van der Waals surface area contributed by atoms with E-state index in [1.165, 1.54) is 5.56 Å². The number of ether oxygens (including phenoxy) is 1. The molecule has 0 aliphatic rings. The highest BCUT2D eigenvalue weighted by Gasteiger charge is 2.28. The van der Waals surface area contributed by atoms with Gasteiger partial charge in [-0.05, 0) is 50.5 Å². The Morgan fingerprint density at radius 2 is 1.80 bits per heavy atom. The molecule has 2 aromatic carbocycles. The topological polar surface area (TPSA) is 58.6 Å². The third-order valence-electron chi connectivity index (χ3n) is 4.86. The molecule has 0 fully saturated rings. The van der Waals surface area contributed by atoms with Crippen LogP contribution in [0.3, 0.4) is 0 Å². The SMILES string of the molecule is CCNC(=O)[C@H](CC)N(Cc1ccccc1Cl)C(=O)CCCOc1ccc(C)cc1. The summed E-state index contributed by atoms with van der Waals surface area (Å²) in [6.07, 6.45) is 1.39. The Labute approximate surface area is 184 Å². The molecule has 0 saturated heterocycles. The van der Waals surface area contributed by atoms with Crippen LogP contribution in [0.25, 0.3) is 0 Å². The minimum absolute atomic E-state index is 0.0828. The third kappa shape index (κ3) is 7.06. The van der Waals surface area contributed by atoms with Crippen LogP contribution in [0.2, 0.25) is 5.02 Å². The average Bonchev–Trinajstić information content (AvgIpc) is 2.73. The summed E-state index contributed by atoms with van der Waals surface area (Å²) in [4.78, 5) is 27.3. The number of carbonyl (C=O) groups is 2. The van der Waals surface area contributed by atoms with Crippen LogP contribution < -0.4 is 10.1 Å². The summed E-state index contributed by atoms with van der Waals surface area (Å²) >= 11 is 6.31. The van der Waals surface area contributed by atoms with E-state index in [-0.39, 0.29) is 11.8 Å². The maximum atomic E-state index is 13.1. The molecule has 0 aromatic heterocycles. The number of nitrogens with one attached hydrogen (secondary N) is 1. The predicted octanol–water partition coefficient (Wildman–Crippen LogP) is 4.75. The second-order valence-electron chi connectivity index (χ2n) is 7.20. The Morgan fingerprint density at radius 1 is 1.10 bits per heavy atom. The number of halogens is 1. The molecular weight excluding hydrogens is 400 g/mol. The van der Waals surface area contributed by atoms with Gasteiger partial charge < -0.3 is 15.0 Å². The van der Waals surface area contributed by atoms with Gasteiger partial charge in [-0.15, -0.1) is 0 Å². The van der Waals surface area contributed by atoms with Gasteiger partial charge in [-0.25, -0.2) is 0 Å². The normalized spacial score (nSPS) is 11.6. The monoisotopic (exact) mass is 430 g/mol. The van der Waals surface area contributed by atoms with E-state index in [2.05, 4.69) is 5.32 Å². The lowest BCUT2D eigenvalue weighted by Crippen LogP contribution is -2.49. The van der Waals surface area contributed by atoms with Crippen molar-refractivity contribution >= 4 is 23.4 Å². The molecule has 0 radical (unpaired) electrons. The number of carbonyl (C=O) groups excluding carboxylic acids is 2. The van der Waals surface area contributed by atoms with Crippen molar-refractivity contribution in [3.63, 3.8) is 0 Å². The number of hydrogen-bond donors (Lipinski definition) is 1. The number of benzene rings is 2. The van der Waals surface area contributed by atoms with Gasteiger partial charge in [0, 0.05) is 24.5 Å². The van der Waals surface area contributed by atoms with Crippen molar-refractivity contribution in [3.8, 4) is 5.75 Å². The Morgan fingerprint density at radius 3 is 2.43 bits per heavy atom. The first-order chi connectivity index (χ1) is 14.5. The van der Waals surface area contributed by atoms with E-state index in [0.717, 1.165) is 11.3 Å². The van der Waals surface area contributed by atoms with Crippen molar-refractivity contribution in [3.05, 3.63) is 64.7 Å². The van der Waals surface area contributed by atoms with Crippen molar-refractivity contribution < 1.29 is 14.3 Å². The van der Waals surface area contributed by atoms with Crippen LogP contribution in [0, 0.1) is 6.92 Å². The van der Waals surface area contributed by atoms with Gasteiger partial charge in [0.1, 0.15) is 11.8 Å². The van der Waals surface area contributed by atoms with E-state index in [4.69, 9.17) is 16.3 Å². The number of aryl methyl sites for hydroxylation is 1. The molecule has 2 rings (SSSR count). The van der Waals surface area contributed by atoms with Crippen LogP contribution in [0.4, 0.5) is 0 Å². The molecule has 0 unspecified atom stereocenters. The zero-order valence-electron chi connectivity index (χ0n) is 18.0. The first-order valence-corrected chi connectivity index (χ1v) is 10.8. The fourth-order valence-corrected chi connectivity index (χ4v) is 3.41. The predicted molar refractivity (Wildman–Crippen MR) is 121 cm³/mol. The van der Waals surface area contributed by atoms with E-state index >= 15 is 0 Å². The fourth-order valence-electron chi connectivity index (χ4n) is 3.21. The van der Waals surface area contributed by atoms with Gasteiger partial charge in [-0.2, -0.15) is 0 Å². The highest BCUT2D eigenvalue weighted by Crippen LogP contribution is 2.20. The van der Waals surface area contributed by atoms with E-state index in [9.17, 15) is 9.59 Å². The molecule has 5 nitrogen and oxygen atoms in total. The Hall–Kier alpha value is -2.53. The van der Waals surface area contributed by atoms with E-state index in [1.807, 2.05) is 63.2 Å². The molecule has 2 aromatic rings. The molecule has 0 aliphatic carbocycles. The zero-order valence-corrected chi connectivity index (χ0v) is 18.7. The number of amides is 2. The fraction of sp³-hybridized carbons (Fsp3) is 0.417. The lowest BCUT2D eigenvalue weighted by Gasteiger charge is -2.31. The summed E-state index contributed by atoms with van der Waals surface area (Å²) < 4.78 is 5.73. The van der Waals surface area contributed by atoms with Gasteiger partial charge in [0.05, 0.1) is 6.61 Å². The maximum absolute atomic E-state index is 13.1. The van der Waals surface area contributed by atoms with Crippen molar-refractivity contribution in [2.45, 2.75) is 52.6 Å². The van der Waals surface area contributed by atoms with Crippen LogP contribution in [-0.2, 0) is 16.1 Å². The van der Waals surface area contributed by atoms with Crippen LogP contribution in [-0.4, -0.2) is 35.9 Å². The van der Waals surface area contributed by atoms with Crippen LogP contribution in [0.5, 0.6) is 5.75 Å². The minimum Gasteiger partial charge on any atom is -0.494 e. The molecular formula is C24H31ClN2O3. The second kappa shape index (κ2) is 12.2. The Kier molecular flexibility index (Phi) is 9.68. The molecule has 0 bridgehead atoms. The van der Waals surface area contributed by atoms with E-state index < -0.39 is 6.04 Å². The lowest BCUT2D eigenvalue weighted by atomic mass is 10.1. The molecule has 6 heteroatoms. The van der Waals surface area contributed by atoms with Crippen molar-refractivity contribution in [2.75, 3.05) is 13.2 Å². The van der Waals surface area contributed by atoms with Crippen LogP contribution in [0.1, 0.15) is 44.2 Å². The molecule has 0 heterocycles. The largest absolute Gasteiger partial charge is 0.494 e. The van der Waals surface area contributed by atoms with Crippen LogP contribution in [0.15, 0.2) is 48.5 Å². The summed E-state index contributed by atoms with van der Waals surface area (Å²) in [6, 6.07) is 14.7. The highest BCUT2D eigenvalue weighted by molar-refractivity contribution is 6.31. The quantitative estimate of drug-likeness (QED) is 0.523. The molecule has 1 N–H and O–H groups in total. The Bertz CT molecular complexity index is 823. The first-order valence-electron chi connectivity index (χ1n) is 10.5. The van der Waals surface area contributed by atoms with Crippen molar-refractivity contribution in [1.82, 2.24) is 10.2 Å². The number of hydrogen-bond acceptors (Lipinski definition) is 3. The third-order valence-corrected chi connectivity index (χ3v) is 5.23. The molecule has 2 amide bonds. The molecule has 0 spiro atoms. The van der Waals surface area contributed by atoms with E-state index in [0.29, 0.717) is 44.0 Å². The summed E-state index contributed by atoms with van der Waals surface area (Å²) in [5, 5.41) is 3.42. The minimum atomic E-state index is -0.535. The maximum Gasteiger partial charge on any atom is 0.242 e. The Balaban J connectivity index is 2.04.